The highest BCUT2D eigenvalue weighted by Crippen LogP contribution is 2.27. The van der Waals surface area contributed by atoms with E-state index in [4.69, 9.17) is 4.74 Å². The molecule has 0 aliphatic heterocycles. The van der Waals surface area contributed by atoms with Gasteiger partial charge in [-0.3, -0.25) is 13.9 Å². The molecule has 0 fully saturated rings. The summed E-state index contributed by atoms with van der Waals surface area (Å²) in [6.07, 6.45) is 0.962. The molecule has 0 saturated carbocycles. The Bertz CT molecular complexity index is 1720. The van der Waals surface area contributed by atoms with Crippen molar-refractivity contribution in [3.05, 3.63) is 124 Å². The molecule has 4 aromatic carbocycles. The van der Waals surface area contributed by atoms with Gasteiger partial charge in [-0.2, -0.15) is 0 Å². The van der Waals surface area contributed by atoms with Crippen LogP contribution in [0.15, 0.2) is 112 Å². The minimum Gasteiger partial charge on any atom is -0.497 e. The van der Waals surface area contributed by atoms with E-state index in [1.807, 2.05) is 75.4 Å². The van der Waals surface area contributed by atoms with Crippen LogP contribution in [0.2, 0.25) is 0 Å². The lowest BCUT2D eigenvalue weighted by molar-refractivity contribution is -0.140. The number of ether oxygens (including phenoxy) is 1. The maximum atomic E-state index is 14.6. The molecule has 2 unspecified atom stereocenters. The smallest absolute Gasteiger partial charge is 0.264 e. The summed E-state index contributed by atoms with van der Waals surface area (Å²) < 4.78 is 35.5. The van der Waals surface area contributed by atoms with Crippen LogP contribution in [0.5, 0.6) is 5.75 Å². The fraction of sp³-hybridized carbons (Fsp3) is 0.278. The van der Waals surface area contributed by atoms with Crippen LogP contribution in [0.1, 0.15) is 37.0 Å². The Labute approximate surface area is 280 Å². The summed E-state index contributed by atoms with van der Waals surface area (Å²) in [7, 11) is -2.70. The third-order valence-corrected chi connectivity index (χ3v) is 10.0. The van der Waals surface area contributed by atoms with E-state index in [0.29, 0.717) is 17.9 Å². The second kappa shape index (κ2) is 15.9. The maximum absolute atomic E-state index is 14.6. The maximum Gasteiger partial charge on any atom is 0.264 e. The summed E-state index contributed by atoms with van der Waals surface area (Å²) in [5.41, 5.74) is 2.94. The Morgan fingerprint density at radius 1 is 0.891 bits per heavy atom. The van der Waals surface area contributed by atoms with Gasteiger partial charge in [-0.25, -0.2) is 8.42 Å². The van der Waals surface area contributed by atoms with E-state index in [1.54, 1.807) is 36.4 Å². The predicted molar refractivity (Wildman–Crippen MR) is 185 cm³/mol. The Morgan fingerprint density at radius 3 is 2.15 bits per heavy atom. The molecule has 0 aliphatic carbocycles. The molecule has 0 spiro atoms. The monoisotopic (exact) mass is 705 g/mol. The molecule has 242 valence electrons. The van der Waals surface area contributed by atoms with Crippen LogP contribution in [-0.2, 0) is 32.6 Å². The van der Waals surface area contributed by atoms with E-state index in [9.17, 15) is 18.0 Å². The number of nitrogens with zero attached hydrogens (tertiary/aromatic N) is 2. The summed E-state index contributed by atoms with van der Waals surface area (Å²) in [6, 6.07) is 29.0. The van der Waals surface area contributed by atoms with Gasteiger partial charge in [-0.05, 0) is 79.9 Å². The second-order valence-corrected chi connectivity index (χ2v) is 14.0. The van der Waals surface area contributed by atoms with Gasteiger partial charge in [-0.1, -0.05) is 83.0 Å². The van der Waals surface area contributed by atoms with E-state index < -0.39 is 28.5 Å². The SMILES string of the molecule is CCC(C)NC(=O)C(Cc1ccccc1)N(Cc1cccc(Br)c1)C(=O)CN(c1ccc(C)cc1)S(=O)(=O)c1ccc(OC)cc1. The molecule has 2 amide bonds. The highest BCUT2D eigenvalue weighted by Gasteiger charge is 2.35. The average Bonchev–Trinajstić information content (AvgIpc) is 3.06. The zero-order valence-electron chi connectivity index (χ0n) is 26.5. The van der Waals surface area contributed by atoms with Crippen LogP contribution >= 0.6 is 15.9 Å². The van der Waals surface area contributed by atoms with E-state index in [1.165, 1.54) is 24.1 Å². The van der Waals surface area contributed by atoms with Crippen molar-refractivity contribution in [2.75, 3.05) is 18.0 Å². The number of rotatable bonds is 14. The van der Waals surface area contributed by atoms with Crippen LogP contribution in [0.4, 0.5) is 5.69 Å². The van der Waals surface area contributed by atoms with Gasteiger partial charge in [0.1, 0.15) is 18.3 Å². The molecule has 0 bridgehead atoms. The normalized spacial score (nSPS) is 12.5. The first kappa shape index (κ1) is 34.7. The molecule has 0 aromatic heterocycles. The Balaban J connectivity index is 1.80. The van der Waals surface area contributed by atoms with Gasteiger partial charge >= 0.3 is 0 Å². The zero-order valence-corrected chi connectivity index (χ0v) is 28.9. The highest BCUT2D eigenvalue weighted by atomic mass is 79.9. The zero-order chi connectivity index (χ0) is 33.3. The van der Waals surface area contributed by atoms with Gasteiger partial charge in [0.05, 0.1) is 17.7 Å². The number of nitrogens with one attached hydrogen (secondary N) is 1. The summed E-state index contributed by atoms with van der Waals surface area (Å²) in [4.78, 5) is 30.0. The van der Waals surface area contributed by atoms with Gasteiger partial charge in [0.15, 0.2) is 0 Å². The Kier molecular flexibility index (Phi) is 12.0. The molecule has 0 saturated heterocycles. The Hall–Kier alpha value is -4.15. The lowest BCUT2D eigenvalue weighted by atomic mass is 10.0. The third-order valence-electron chi connectivity index (χ3n) is 7.76. The third kappa shape index (κ3) is 8.98. The van der Waals surface area contributed by atoms with Gasteiger partial charge in [0.2, 0.25) is 11.8 Å². The molecule has 0 radical (unpaired) electrons. The van der Waals surface area contributed by atoms with E-state index in [0.717, 1.165) is 25.5 Å². The van der Waals surface area contributed by atoms with Crippen LogP contribution in [-0.4, -0.2) is 50.9 Å². The average molecular weight is 707 g/mol. The van der Waals surface area contributed by atoms with Gasteiger partial charge in [-0.15, -0.1) is 0 Å². The summed E-state index contributed by atoms with van der Waals surface area (Å²) in [5, 5.41) is 3.05. The van der Waals surface area contributed by atoms with E-state index in [2.05, 4.69) is 21.2 Å². The molecule has 4 aromatic rings. The van der Waals surface area contributed by atoms with Crippen LogP contribution in [0.25, 0.3) is 0 Å². The molecule has 2 atom stereocenters. The molecular weight excluding hydrogens is 666 g/mol. The largest absolute Gasteiger partial charge is 0.497 e. The van der Waals surface area contributed by atoms with Crippen LogP contribution in [0, 0.1) is 6.92 Å². The van der Waals surface area contributed by atoms with Gasteiger partial charge in [0, 0.05) is 23.5 Å². The van der Waals surface area contributed by atoms with E-state index >= 15 is 0 Å². The van der Waals surface area contributed by atoms with Crippen molar-refractivity contribution in [2.24, 2.45) is 0 Å². The standard InChI is InChI=1S/C36H40BrN3O5S/c1-5-27(3)38-36(42)34(23-28-10-7-6-8-11-28)39(24-29-12-9-13-30(37)22-29)35(41)25-40(31-16-14-26(2)15-17-31)46(43,44)33-20-18-32(45-4)19-21-33/h6-22,27,34H,5,23-25H2,1-4H3,(H,38,42). The van der Waals surface area contributed by atoms with Crippen molar-refractivity contribution in [3.8, 4) is 5.75 Å². The molecule has 0 heterocycles. The highest BCUT2D eigenvalue weighted by molar-refractivity contribution is 9.10. The summed E-state index contributed by atoms with van der Waals surface area (Å²) in [6.45, 7) is 5.37. The number of halogens is 1. The number of carbonyl (C=O) groups excluding carboxylic acids is 2. The first-order chi connectivity index (χ1) is 22.0. The second-order valence-electron chi connectivity index (χ2n) is 11.2. The van der Waals surface area contributed by atoms with Gasteiger partial charge < -0.3 is 15.0 Å². The molecule has 8 nitrogen and oxygen atoms in total. The number of sulfonamides is 1. The van der Waals surface area contributed by atoms with Crippen molar-refractivity contribution in [1.82, 2.24) is 10.2 Å². The topological polar surface area (TPSA) is 96.0 Å². The first-order valence-corrected chi connectivity index (χ1v) is 17.4. The molecule has 1 N–H and O–H groups in total. The van der Waals surface area contributed by atoms with Crippen molar-refractivity contribution in [3.63, 3.8) is 0 Å². The lowest BCUT2D eigenvalue weighted by Gasteiger charge is -2.34. The minimum atomic E-state index is -4.21. The fourth-order valence-corrected chi connectivity index (χ4v) is 6.80. The number of benzene rings is 4. The number of amides is 2. The van der Waals surface area contributed by atoms with Crippen molar-refractivity contribution in [2.45, 2.75) is 57.1 Å². The lowest BCUT2D eigenvalue weighted by Crippen LogP contribution is -2.54. The van der Waals surface area contributed by atoms with Crippen molar-refractivity contribution < 1.29 is 22.7 Å². The number of aryl methyl sites for hydroxylation is 1. The summed E-state index contributed by atoms with van der Waals surface area (Å²) >= 11 is 3.51. The van der Waals surface area contributed by atoms with Crippen LogP contribution in [0.3, 0.4) is 0 Å². The quantitative estimate of drug-likeness (QED) is 0.161. The molecule has 0 aliphatic rings. The minimum absolute atomic E-state index is 0.00978. The summed E-state index contributed by atoms with van der Waals surface area (Å²) in [5.74, 6) is -0.312. The number of carbonyl (C=O) groups is 2. The number of methoxy groups -OCH3 is 1. The predicted octanol–water partition coefficient (Wildman–Crippen LogP) is 6.52. The van der Waals surface area contributed by atoms with Crippen molar-refractivity contribution in [1.29, 1.82) is 0 Å². The first-order valence-electron chi connectivity index (χ1n) is 15.1. The van der Waals surface area contributed by atoms with Crippen LogP contribution < -0.4 is 14.4 Å². The number of hydrogen-bond acceptors (Lipinski definition) is 5. The number of hydrogen-bond donors (Lipinski definition) is 1. The molecule has 4 rings (SSSR count). The molecular formula is C36H40BrN3O5S. The van der Waals surface area contributed by atoms with E-state index in [-0.39, 0.29) is 29.8 Å². The fourth-order valence-electron chi connectivity index (χ4n) is 4.94. The van der Waals surface area contributed by atoms with Gasteiger partial charge in [0.25, 0.3) is 10.0 Å². The number of anilines is 1. The molecule has 10 heteroatoms. The molecule has 46 heavy (non-hydrogen) atoms. The van der Waals surface area contributed by atoms with Crippen molar-refractivity contribution >= 4 is 43.5 Å². The Morgan fingerprint density at radius 2 is 1.54 bits per heavy atom.